The molecule has 0 spiro atoms. The molecule has 0 aliphatic carbocycles. The van der Waals surface area contributed by atoms with Crippen molar-refractivity contribution in [1.29, 1.82) is 0 Å². The van der Waals surface area contributed by atoms with Gasteiger partial charge in [0.15, 0.2) is 0 Å². The quantitative estimate of drug-likeness (QED) is 0.739. The molecule has 1 aromatic carbocycles. The Morgan fingerprint density at radius 1 is 1.36 bits per heavy atom. The number of carbonyl (C=O) groups excluding carboxylic acids is 1. The maximum absolute atomic E-state index is 12.8. The number of nitrogens with zero attached hydrogens (tertiary/aromatic N) is 3. The van der Waals surface area contributed by atoms with Crippen LogP contribution in [0, 0.1) is 6.92 Å². The van der Waals surface area contributed by atoms with Gasteiger partial charge in [-0.1, -0.05) is 31.0 Å². The molecule has 8 heteroatoms. The molecule has 2 rings (SSSR count). The van der Waals surface area contributed by atoms with E-state index in [2.05, 4.69) is 5.10 Å². The lowest BCUT2D eigenvalue weighted by atomic mass is 10.2. The van der Waals surface area contributed by atoms with Crippen molar-refractivity contribution in [3.63, 3.8) is 0 Å². The highest BCUT2D eigenvalue weighted by Gasteiger charge is 2.34. The van der Waals surface area contributed by atoms with E-state index in [4.69, 9.17) is 11.6 Å². The second-order valence-corrected chi connectivity index (χ2v) is 6.17. The summed E-state index contributed by atoms with van der Waals surface area (Å²) in [6, 6.07) is 6.86. The molecular weight excluding hydrogens is 355 g/mol. The molecule has 0 atom stereocenters. The average Bonchev–Trinajstić information content (AvgIpc) is 2.91. The van der Waals surface area contributed by atoms with Crippen molar-refractivity contribution in [2.24, 2.45) is 0 Å². The van der Waals surface area contributed by atoms with E-state index in [-0.39, 0.29) is 12.1 Å². The van der Waals surface area contributed by atoms with E-state index in [1.807, 2.05) is 6.92 Å². The number of carbonyl (C=O) groups is 1. The number of rotatable bonds is 6. The van der Waals surface area contributed by atoms with E-state index in [1.165, 1.54) is 10.9 Å². The molecule has 0 saturated heterocycles. The number of amides is 1. The highest BCUT2D eigenvalue weighted by atomic mass is 35.5. The minimum absolute atomic E-state index is 0.0522. The summed E-state index contributed by atoms with van der Waals surface area (Å²) in [7, 11) is 0. The molecule has 1 aromatic heterocycles. The fraction of sp³-hybridized carbons (Fsp3) is 0.412. The normalized spacial score (nSPS) is 11.6. The predicted octanol–water partition coefficient (Wildman–Crippen LogP) is 4.64. The molecular formula is C17H19ClF3N3O. The largest absolute Gasteiger partial charge is 0.406 e. The standard InChI is InChI=1S/C17H19ClF3N3O/c1-3-4-8-23(11-17(19,20)21)16(25)15-10-22-24(12(15)2)14-7-5-6-13(18)9-14/h5-7,9-10H,3-4,8,11H2,1-2H3. The first kappa shape index (κ1) is 19.3. The van der Waals surface area contributed by atoms with E-state index in [1.54, 1.807) is 31.2 Å². The van der Waals surface area contributed by atoms with Gasteiger partial charge < -0.3 is 4.90 Å². The van der Waals surface area contributed by atoms with Gasteiger partial charge in [-0.15, -0.1) is 0 Å². The van der Waals surface area contributed by atoms with Crippen LogP contribution in [0.15, 0.2) is 30.5 Å². The highest BCUT2D eigenvalue weighted by molar-refractivity contribution is 6.30. The third-order valence-corrected chi connectivity index (χ3v) is 3.97. The molecule has 2 aromatic rings. The summed E-state index contributed by atoms with van der Waals surface area (Å²) >= 11 is 5.96. The van der Waals surface area contributed by atoms with E-state index in [9.17, 15) is 18.0 Å². The Kier molecular flexibility index (Phi) is 6.11. The summed E-state index contributed by atoms with van der Waals surface area (Å²) in [6.07, 6.45) is -1.94. The molecule has 0 N–H and O–H groups in total. The first-order valence-corrected chi connectivity index (χ1v) is 8.27. The maximum atomic E-state index is 12.8. The predicted molar refractivity (Wildman–Crippen MR) is 90.2 cm³/mol. The number of alkyl halides is 3. The third kappa shape index (κ3) is 4.98. The van der Waals surface area contributed by atoms with Crippen molar-refractivity contribution in [1.82, 2.24) is 14.7 Å². The Morgan fingerprint density at radius 2 is 2.08 bits per heavy atom. The molecule has 0 radical (unpaired) electrons. The van der Waals surface area contributed by atoms with Gasteiger partial charge in [0, 0.05) is 11.6 Å². The fourth-order valence-corrected chi connectivity index (χ4v) is 2.66. The van der Waals surface area contributed by atoms with Crippen LogP contribution in [0.5, 0.6) is 0 Å². The van der Waals surface area contributed by atoms with Crippen molar-refractivity contribution in [2.45, 2.75) is 32.9 Å². The molecule has 25 heavy (non-hydrogen) atoms. The summed E-state index contributed by atoms with van der Waals surface area (Å²) in [5.74, 6) is -0.670. The molecule has 136 valence electrons. The number of hydrogen-bond donors (Lipinski definition) is 0. The fourth-order valence-electron chi connectivity index (χ4n) is 2.48. The Labute approximate surface area is 149 Å². The Bertz CT molecular complexity index is 743. The van der Waals surface area contributed by atoms with Crippen LogP contribution in [-0.2, 0) is 0 Å². The van der Waals surface area contributed by atoms with Crippen LogP contribution in [0.3, 0.4) is 0 Å². The smallest absolute Gasteiger partial charge is 0.329 e. The van der Waals surface area contributed by atoms with Crippen molar-refractivity contribution < 1.29 is 18.0 Å². The molecule has 0 aliphatic heterocycles. The Hall–Kier alpha value is -2.02. The molecule has 1 amide bonds. The summed E-state index contributed by atoms with van der Waals surface area (Å²) in [5.41, 5.74) is 1.26. The minimum Gasteiger partial charge on any atom is -0.329 e. The number of unbranched alkanes of at least 4 members (excludes halogenated alkanes) is 1. The number of halogens is 4. The van der Waals surface area contributed by atoms with Crippen molar-refractivity contribution in [3.8, 4) is 5.69 Å². The lowest BCUT2D eigenvalue weighted by Crippen LogP contribution is -2.39. The van der Waals surface area contributed by atoms with Crippen LogP contribution in [0.25, 0.3) is 5.69 Å². The molecule has 0 fully saturated rings. The van der Waals surface area contributed by atoms with Crippen molar-refractivity contribution in [3.05, 3.63) is 46.7 Å². The zero-order chi connectivity index (χ0) is 18.6. The summed E-state index contributed by atoms with van der Waals surface area (Å²) in [4.78, 5) is 13.4. The van der Waals surface area contributed by atoms with Crippen LogP contribution in [0.2, 0.25) is 5.02 Å². The van der Waals surface area contributed by atoms with Gasteiger partial charge in [0.05, 0.1) is 23.1 Å². The summed E-state index contributed by atoms with van der Waals surface area (Å²) in [5, 5.41) is 4.64. The van der Waals surface area contributed by atoms with E-state index < -0.39 is 18.6 Å². The third-order valence-electron chi connectivity index (χ3n) is 3.73. The molecule has 0 aliphatic rings. The lowest BCUT2D eigenvalue weighted by Gasteiger charge is -2.23. The van der Waals surface area contributed by atoms with Crippen molar-refractivity contribution >= 4 is 17.5 Å². The van der Waals surface area contributed by atoms with Gasteiger partial charge in [-0.05, 0) is 31.5 Å². The van der Waals surface area contributed by atoms with Gasteiger partial charge in [-0.3, -0.25) is 4.79 Å². The van der Waals surface area contributed by atoms with Crippen LogP contribution in [-0.4, -0.2) is 39.9 Å². The molecule has 0 bridgehead atoms. The number of hydrogen-bond acceptors (Lipinski definition) is 2. The van der Waals surface area contributed by atoms with Gasteiger partial charge in [-0.2, -0.15) is 18.3 Å². The van der Waals surface area contributed by atoms with Gasteiger partial charge in [0.25, 0.3) is 5.91 Å². The molecule has 0 unspecified atom stereocenters. The Morgan fingerprint density at radius 3 is 2.68 bits per heavy atom. The first-order valence-electron chi connectivity index (χ1n) is 7.89. The topological polar surface area (TPSA) is 38.1 Å². The van der Waals surface area contributed by atoms with E-state index in [0.29, 0.717) is 29.2 Å². The molecule has 4 nitrogen and oxygen atoms in total. The lowest BCUT2D eigenvalue weighted by molar-refractivity contribution is -0.140. The monoisotopic (exact) mass is 373 g/mol. The average molecular weight is 374 g/mol. The van der Waals surface area contributed by atoms with E-state index >= 15 is 0 Å². The second-order valence-electron chi connectivity index (χ2n) is 5.73. The van der Waals surface area contributed by atoms with Gasteiger partial charge in [-0.25, -0.2) is 4.68 Å². The van der Waals surface area contributed by atoms with Crippen LogP contribution >= 0.6 is 11.6 Å². The Balaban J connectivity index is 2.31. The summed E-state index contributed by atoms with van der Waals surface area (Å²) < 4.78 is 39.9. The zero-order valence-electron chi connectivity index (χ0n) is 14.0. The van der Waals surface area contributed by atoms with Crippen molar-refractivity contribution in [2.75, 3.05) is 13.1 Å². The molecule has 0 saturated carbocycles. The SMILES string of the molecule is CCCCN(CC(F)(F)F)C(=O)c1cnn(-c2cccc(Cl)c2)c1C. The van der Waals surface area contributed by atoms with E-state index in [0.717, 1.165) is 4.90 Å². The van der Waals surface area contributed by atoms with Crippen LogP contribution in [0.4, 0.5) is 13.2 Å². The first-order chi connectivity index (χ1) is 11.7. The summed E-state index contributed by atoms with van der Waals surface area (Å²) in [6.45, 7) is 2.29. The van der Waals surface area contributed by atoms with Gasteiger partial charge >= 0.3 is 6.18 Å². The maximum Gasteiger partial charge on any atom is 0.406 e. The van der Waals surface area contributed by atoms with Crippen LogP contribution in [0.1, 0.15) is 35.8 Å². The van der Waals surface area contributed by atoms with Gasteiger partial charge in [0.1, 0.15) is 6.54 Å². The molecule has 1 heterocycles. The van der Waals surface area contributed by atoms with Crippen LogP contribution < -0.4 is 0 Å². The second kappa shape index (κ2) is 7.91. The zero-order valence-corrected chi connectivity index (χ0v) is 14.7. The van der Waals surface area contributed by atoms with Gasteiger partial charge in [0.2, 0.25) is 0 Å². The number of aromatic nitrogens is 2. The highest BCUT2D eigenvalue weighted by Crippen LogP contribution is 2.22. The minimum atomic E-state index is -4.44. The number of benzene rings is 1.